The Morgan fingerprint density at radius 3 is 2.79 bits per heavy atom. The molecule has 5 heteroatoms. The second-order valence-electron chi connectivity index (χ2n) is 4.91. The SMILES string of the molecule is Cc1cccnc1CC(=O)N(CCC(=O)O)C1CC1. The van der Waals surface area contributed by atoms with Gasteiger partial charge in [0.05, 0.1) is 18.5 Å². The third-order valence-corrected chi connectivity index (χ3v) is 3.31. The number of carboxylic acids is 1. The molecule has 1 N–H and O–H groups in total. The third-order valence-electron chi connectivity index (χ3n) is 3.31. The normalized spacial score (nSPS) is 14.2. The Morgan fingerprint density at radius 2 is 2.21 bits per heavy atom. The molecule has 1 aromatic heterocycles. The van der Waals surface area contributed by atoms with Crippen LogP contribution in [0.5, 0.6) is 0 Å². The van der Waals surface area contributed by atoms with Crippen molar-refractivity contribution in [2.75, 3.05) is 6.54 Å². The topological polar surface area (TPSA) is 70.5 Å². The fourth-order valence-corrected chi connectivity index (χ4v) is 2.06. The van der Waals surface area contributed by atoms with E-state index in [1.807, 2.05) is 19.1 Å². The molecule has 0 radical (unpaired) electrons. The number of aryl methyl sites for hydroxylation is 1. The van der Waals surface area contributed by atoms with Crippen LogP contribution in [0.25, 0.3) is 0 Å². The van der Waals surface area contributed by atoms with E-state index in [1.54, 1.807) is 11.1 Å². The highest BCUT2D eigenvalue weighted by Gasteiger charge is 2.32. The van der Waals surface area contributed by atoms with Crippen LogP contribution in [0.2, 0.25) is 0 Å². The third kappa shape index (κ3) is 3.77. The van der Waals surface area contributed by atoms with E-state index in [2.05, 4.69) is 4.98 Å². The standard InChI is InChI=1S/C14H18N2O3/c1-10-3-2-7-15-12(10)9-13(17)16(11-4-5-11)8-6-14(18)19/h2-3,7,11H,4-6,8-9H2,1H3,(H,18,19). The summed E-state index contributed by atoms with van der Waals surface area (Å²) in [6.45, 7) is 2.22. The number of rotatable bonds is 6. The number of hydrogen-bond acceptors (Lipinski definition) is 3. The van der Waals surface area contributed by atoms with Crippen molar-refractivity contribution in [1.82, 2.24) is 9.88 Å². The van der Waals surface area contributed by atoms with E-state index in [0.717, 1.165) is 24.1 Å². The molecule has 0 aliphatic heterocycles. The highest BCUT2D eigenvalue weighted by molar-refractivity contribution is 5.80. The van der Waals surface area contributed by atoms with Crippen LogP contribution in [-0.2, 0) is 16.0 Å². The maximum atomic E-state index is 12.3. The minimum absolute atomic E-state index is 0.00341. The minimum atomic E-state index is -0.868. The summed E-state index contributed by atoms with van der Waals surface area (Å²) in [4.78, 5) is 28.8. The van der Waals surface area contributed by atoms with E-state index >= 15 is 0 Å². The Kier molecular flexibility index (Phi) is 4.14. The molecule has 1 heterocycles. The Balaban J connectivity index is 1.99. The lowest BCUT2D eigenvalue weighted by atomic mass is 10.1. The highest BCUT2D eigenvalue weighted by atomic mass is 16.4. The molecule has 102 valence electrons. The molecule has 1 aliphatic rings. The summed E-state index contributed by atoms with van der Waals surface area (Å²) in [5.74, 6) is -0.891. The molecule has 1 aliphatic carbocycles. The van der Waals surface area contributed by atoms with Gasteiger partial charge in [-0.1, -0.05) is 6.07 Å². The fraction of sp³-hybridized carbons (Fsp3) is 0.500. The van der Waals surface area contributed by atoms with E-state index in [9.17, 15) is 9.59 Å². The summed E-state index contributed by atoms with van der Waals surface area (Å²) in [7, 11) is 0. The van der Waals surface area contributed by atoms with Crippen molar-refractivity contribution < 1.29 is 14.7 Å². The lowest BCUT2D eigenvalue weighted by molar-refractivity contribution is -0.138. The minimum Gasteiger partial charge on any atom is -0.481 e. The van der Waals surface area contributed by atoms with E-state index in [1.165, 1.54) is 0 Å². The summed E-state index contributed by atoms with van der Waals surface area (Å²) in [5, 5.41) is 8.73. The van der Waals surface area contributed by atoms with Crippen molar-refractivity contribution in [3.05, 3.63) is 29.6 Å². The summed E-state index contributed by atoms with van der Waals surface area (Å²) < 4.78 is 0. The Morgan fingerprint density at radius 1 is 1.47 bits per heavy atom. The molecule has 0 spiro atoms. The molecule has 5 nitrogen and oxygen atoms in total. The number of nitrogens with zero attached hydrogens (tertiary/aromatic N) is 2. The van der Waals surface area contributed by atoms with Crippen molar-refractivity contribution in [1.29, 1.82) is 0 Å². The zero-order valence-corrected chi connectivity index (χ0v) is 11.0. The summed E-state index contributed by atoms with van der Waals surface area (Å²) >= 11 is 0. The maximum absolute atomic E-state index is 12.3. The van der Waals surface area contributed by atoms with Crippen LogP contribution < -0.4 is 0 Å². The molecule has 0 atom stereocenters. The molecule has 0 unspecified atom stereocenters. The highest BCUT2D eigenvalue weighted by Crippen LogP contribution is 2.27. The number of aromatic nitrogens is 1. The maximum Gasteiger partial charge on any atom is 0.305 e. The molecular formula is C14H18N2O3. The van der Waals surface area contributed by atoms with Gasteiger partial charge in [0.2, 0.25) is 5.91 Å². The Hall–Kier alpha value is -1.91. The first-order valence-corrected chi connectivity index (χ1v) is 6.49. The zero-order valence-electron chi connectivity index (χ0n) is 11.0. The van der Waals surface area contributed by atoms with Crippen LogP contribution in [0.3, 0.4) is 0 Å². The van der Waals surface area contributed by atoms with Crippen molar-refractivity contribution in [3.8, 4) is 0 Å². The molecular weight excluding hydrogens is 244 g/mol. The lowest BCUT2D eigenvalue weighted by Crippen LogP contribution is -2.36. The average molecular weight is 262 g/mol. The Labute approximate surface area is 112 Å². The van der Waals surface area contributed by atoms with Crippen LogP contribution in [0.15, 0.2) is 18.3 Å². The van der Waals surface area contributed by atoms with Gasteiger partial charge >= 0.3 is 5.97 Å². The lowest BCUT2D eigenvalue weighted by Gasteiger charge is -2.21. The van der Waals surface area contributed by atoms with Gasteiger partial charge < -0.3 is 10.0 Å². The van der Waals surface area contributed by atoms with Gasteiger partial charge in [0.1, 0.15) is 0 Å². The first-order chi connectivity index (χ1) is 9.08. The van der Waals surface area contributed by atoms with E-state index < -0.39 is 5.97 Å². The van der Waals surface area contributed by atoms with Gasteiger partial charge in [-0.2, -0.15) is 0 Å². The van der Waals surface area contributed by atoms with E-state index in [0.29, 0.717) is 6.54 Å². The number of pyridine rings is 1. The van der Waals surface area contributed by atoms with Crippen LogP contribution in [-0.4, -0.2) is 39.5 Å². The quantitative estimate of drug-likeness (QED) is 0.841. The molecule has 0 bridgehead atoms. The van der Waals surface area contributed by atoms with Gasteiger partial charge in [0, 0.05) is 18.8 Å². The van der Waals surface area contributed by atoms with Gasteiger partial charge in [-0.05, 0) is 31.4 Å². The number of carbonyl (C=O) groups is 2. The van der Waals surface area contributed by atoms with Gasteiger partial charge in [-0.3, -0.25) is 14.6 Å². The molecule has 1 saturated carbocycles. The number of carbonyl (C=O) groups excluding carboxylic acids is 1. The molecule has 2 rings (SSSR count). The summed E-state index contributed by atoms with van der Waals surface area (Å²) in [6.07, 6.45) is 3.89. The molecule has 19 heavy (non-hydrogen) atoms. The first-order valence-electron chi connectivity index (χ1n) is 6.49. The monoisotopic (exact) mass is 262 g/mol. The molecule has 0 saturated heterocycles. The zero-order chi connectivity index (χ0) is 13.8. The summed E-state index contributed by atoms with van der Waals surface area (Å²) in [6, 6.07) is 4.00. The Bertz CT molecular complexity index is 483. The number of hydrogen-bond donors (Lipinski definition) is 1. The van der Waals surface area contributed by atoms with Gasteiger partial charge in [-0.15, -0.1) is 0 Å². The molecule has 1 amide bonds. The van der Waals surface area contributed by atoms with E-state index in [-0.39, 0.29) is 24.8 Å². The number of amides is 1. The molecule has 1 fully saturated rings. The largest absolute Gasteiger partial charge is 0.481 e. The van der Waals surface area contributed by atoms with Gasteiger partial charge in [0.15, 0.2) is 0 Å². The van der Waals surface area contributed by atoms with E-state index in [4.69, 9.17) is 5.11 Å². The second kappa shape index (κ2) is 5.82. The summed E-state index contributed by atoms with van der Waals surface area (Å²) in [5.41, 5.74) is 1.76. The predicted octanol–water partition coefficient (Wildman–Crippen LogP) is 1.40. The van der Waals surface area contributed by atoms with Crippen LogP contribution in [0.4, 0.5) is 0 Å². The number of aliphatic carboxylic acids is 1. The average Bonchev–Trinajstić information content (AvgIpc) is 3.16. The first kappa shape index (κ1) is 13.5. The predicted molar refractivity (Wildman–Crippen MR) is 69.7 cm³/mol. The van der Waals surface area contributed by atoms with Crippen LogP contribution in [0.1, 0.15) is 30.5 Å². The number of carboxylic acid groups (broad SMARTS) is 1. The van der Waals surface area contributed by atoms with Crippen LogP contribution in [0, 0.1) is 6.92 Å². The van der Waals surface area contributed by atoms with Gasteiger partial charge in [0.25, 0.3) is 0 Å². The molecule has 0 aromatic carbocycles. The van der Waals surface area contributed by atoms with Crippen molar-refractivity contribution in [2.45, 2.75) is 38.6 Å². The van der Waals surface area contributed by atoms with Crippen molar-refractivity contribution >= 4 is 11.9 Å². The fourth-order valence-electron chi connectivity index (χ4n) is 2.06. The second-order valence-corrected chi connectivity index (χ2v) is 4.91. The van der Waals surface area contributed by atoms with Crippen LogP contribution >= 0.6 is 0 Å². The van der Waals surface area contributed by atoms with Crippen molar-refractivity contribution in [2.24, 2.45) is 0 Å². The molecule has 1 aromatic rings. The van der Waals surface area contributed by atoms with Gasteiger partial charge in [-0.25, -0.2) is 0 Å². The van der Waals surface area contributed by atoms with Crippen molar-refractivity contribution in [3.63, 3.8) is 0 Å². The smallest absolute Gasteiger partial charge is 0.305 e.